The number of nitrogens with zero attached hydrogens (tertiary/aromatic N) is 1. The lowest BCUT2D eigenvalue weighted by Crippen LogP contribution is -2.18. The van der Waals surface area contributed by atoms with E-state index in [0.29, 0.717) is 12.0 Å². The predicted octanol–water partition coefficient (Wildman–Crippen LogP) is 1.63. The van der Waals surface area contributed by atoms with Gasteiger partial charge >= 0.3 is 0 Å². The molecule has 1 unspecified atom stereocenters. The van der Waals surface area contributed by atoms with Crippen LogP contribution in [-0.2, 0) is 6.42 Å². The van der Waals surface area contributed by atoms with Crippen LogP contribution >= 0.6 is 0 Å². The molecule has 0 aliphatic heterocycles. The van der Waals surface area contributed by atoms with Crippen LogP contribution in [0.2, 0.25) is 0 Å². The number of nitro groups is 1. The summed E-state index contributed by atoms with van der Waals surface area (Å²) in [6.07, 6.45) is 0.299. The van der Waals surface area contributed by atoms with Gasteiger partial charge in [-0.15, -0.1) is 0 Å². The van der Waals surface area contributed by atoms with Crippen molar-refractivity contribution in [2.45, 2.75) is 19.4 Å². The zero-order valence-corrected chi connectivity index (χ0v) is 9.07. The molecule has 6 heteroatoms. The highest BCUT2D eigenvalue weighted by atomic mass is 19.1. The fourth-order valence-electron chi connectivity index (χ4n) is 1.42. The summed E-state index contributed by atoms with van der Waals surface area (Å²) in [7, 11) is 1.31. The Morgan fingerprint density at radius 3 is 2.69 bits per heavy atom. The van der Waals surface area contributed by atoms with Crippen molar-refractivity contribution in [3.63, 3.8) is 0 Å². The largest absolute Gasteiger partial charge is 0.494 e. The van der Waals surface area contributed by atoms with Gasteiger partial charge in [-0.1, -0.05) is 0 Å². The van der Waals surface area contributed by atoms with Crippen molar-refractivity contribution >= 4 is 5.69 Å². The van der Waals surface area contributed by atoms with E-state index in [1.165, 1.54) is 13.2 Å². The first-order valence-electron chi connectivity index (χ1n) is 4.72. The minimum atomic E-state index is -0.748. The Morgan fingerprint density at radius 2 is 2.25 bits per heavy atom. The first-order chi connectivity index (χ1) is 7.45. The standard InChI is InChI=1S/C10H13FN2O3/c1-6(12)3-7-4-10(16-2)8(11)5-9(7)13(14)15/h4-6H,3,12H2,1-2H3. The molecule has 0 aliphatic rings. The monoisotopic (exact) mass is 228 g/mol. The van der Waals surface area contributed by atoms with E-state index in [1.54, 1.807) is 6.92 Å². The molecule has 1 aromatic rings. The van der Waals surface area contributed by atoms with Gasteiger partial charge in [0, 0.05) is 11.6 Å². The van der Waals surface area contributed by atoms with E-state index < -0.39 is 10.7 Å². The first kappa shape index (κ1) is 12.4. The van der Waals surface area contributed by atoms with Gasteiger partial charge in [0.1, 0.15) is 0 Å². The Morgan fingerprint density at radius 1 is 1.62 bits per heavy atom. The van der Waals surface area contributed by atoms with Gasteiger partial charge in [-0.25, -0.2) is 4.39 Å². The fourth-order valence-corrected chi connectivity index (χ4v) is 1.42. The number of nitrogens with two attached hydrogens (primary N) is 1. The summed E-state index contributed by atoms with van der Waals surface area (Å²) < 4.78 is 18.0. The van der Waals surface area contributed by atoms with Crippen LogP contribution in [0.15, 0.2) is 12.1 Å². The SMILES string of the molecule is COc1cc(CC(C)N)c([N+](=O)[O-])cc1F. The smallest absolute Gasteiger partial charge is 0.275 e. The third-order valence-electron chi connectivity index (χ3n) is 2.09. The molecule has 1 aromatic carbocycles. The maximum absolute atomic E-state index is 13.3. The molecule has 0 amide bonds. The van der Waals surface area contributed by atoms with Crippen LogP contribution in [0.1, 0.15) is 12.5 Å². The number of ether oxygens (including phenoxy) is 1. The van der Waals surface area contributed by atoms with Crippen molar-refractivity contribution in [1.29, 1.82) is 0 Å². The summed E-state index contributed by atoms with van der Waals surface area (Å²) in [5.74, 6) is -0.760. The lowest BCUT2D eigenvalue weighted by Gasteiger charge is -2.08. The highest BCUT2D eigenvalue weighted by Crippen LogP contribution is 2.28. The molecule has 0 spiro atoms. The van der Waals surface area contributed by atoms with Gasteiger partial charge in [0.2, 0.25) is 0 Å². The molecular weight excluding hydrogens is 215 g/mol. The predicted molar refractivity (Wildman–Crippen MR) is 57.0 cm³/mol. The fraction of sp³-hybridized carbons (Fsp3) is 0.400. The second kappa shape index (κ2) is 4.89. The summed E-state index contributed by atoms with van der Waals surface area (Å²) in [6.45, 7) is 1.72. The molecule has 1 rings (SSSR count). The van der Waals surface area contributed by atoms with Crippen molar-refractivity contribution in [3.05, 3.63) is 33.6 Å². The molecule has 0 saturated carbocycles. The van der Waals surface area contributed by atoms with Gasteiger partial charge in [0.25, 0.3) is 5.69 Å². The van der Waals surface area contributed by atoms with Crippen LogP contribution in [0.4, 0.5) is 10.1 Å². The van der Waals surface area contributed by atoms with Gasteiger partial charge in [-0.2, -0.15) is 0 Å². The van der Waals surface area contributed by atoms with E-state index in [2.05, 4.69) is 0 Å². The van der Waals surface area contributed by atoms with Crippen molar-refractivity contribution < 1.29 is 14.1 Å². The van der Waals surface area contributed by atoms with E-state index >= 15 is 0 Å². The molecule has 0 saturated heterocycles. The molecule has 88 valence electrons. The van der Waals surface area contributed by atoms with Crippen molar-refractivity contribution in [1.82, 2.24) is 0 Å². The molecule has 2 N–H and O–H groups in total. The summed E-state index contributed by atoms with van der Waals surface area (Å²) in [5.41, 5.74) is 5.67. The maximum atomic E-state index is 13.3. The summed E-state index contributed by atoms with van der Waals surface area (Å²) in [5, 5.41) is 10.7. The van der Waals surface area contributed by atoms with E-state index in [0.717, 1.165) is 6.07 Å². The summed E-state index contributed by atoms with van der Waals surface area (Å²) in [4.78, 5) is 10.1. The number of rotatable bonds is 4. The molecule has 0 radical (unpaired) electrons. The minimum absolute atomic E-state index is 0.0127. The van der Waals surface area contributed by atoms with Gasteiger partial charge in [-0.05, 0) is 19.4 Å². The average molecular weight is 228 g/mol. The van der Waals surface area contributed by atoms with Crippen LogP contribution in [-0.4, -0.2) is 18.1 Å². The Kier molecular flexibility index (Phi) is 3.78. The van der Waals surface area contributed by atoms with Gasteiger partial charge < -0.3 is 10.5 Å². The lowest BCUT2D eigenvalue weighted by atomic mass is 10.0. The normalized spacial score (nSPS) is 12.2. The molecule has 5 nitrogen and oxygen atoms in total. The number of benzene rings is 1. The number of nitro benzene ring substituents is 1. The van der Waals surface area contributed by atoms with Crippen LogP contribution in [0.25, 0.3) is 0 Å². The molecule has 16 heavy (non-hydrogen) atoms. The van der Waals surface area contributed by atoms with Gasteiger partial charge in [0.15, 0.2) is 11.6 Å². The van der Waals surface area contributed by atoms with Crippen molar-refractivity contribution in [2.24, 2.45) is 5.73 Å². The minimum Gasteiger partial charge on any atom is -0.494 e. The lowest BCUT2D eigenvalue weighted by molar-refractivity contribution is -0.385. The van der Waals surface area contributed by atoms with E-state index in [1.807, 2.05) is 0 Å². The quantitative estimate of drug-likeness (QED) is 0.627. The molecular formula is C10H13FN2O3. The molecule has 0 fully saturated rings. The van der Waals surface area contributed by atoms with Crippen molar-refractivity contribution in [2.75, 3.05) is 7.11 Å². The Labute approximate surface area is 92.2 Å². The first-order valence-corrected chi connectivity index (χ1v) is 4.72. The maximum Gasteiger partial charge on any atom is 0.275 e. The summed E-state index contributed by atoms with van der Waals surface area (Å²) >= 11 is 0. The third-order valence-corrected chi connectivity index (χ3v) is 2.09. The topological polar surface area (TPSA) is 78.4 Å². The second-order valence-corrected chi connectivity index (χ2v) is 3.55. The van der Waals surface area contributed by atoms with Crippen LogP contribution in [0.3, 0.4) is 0 Å². The number of halogens is 1. The van der Waals surface area contributed by atoms with E-state index in [9.17, 15) is 14.5 Å². The molecule has 0 heterocycles. The molecule has 0 aromatic heterocycles. The number of methoxy groups -OCH3 is 1. The summed E-state index contributed by atoms with van der Waals surface area (Å²) in [6, 6.07) is 1.93. The van der Waals surface area contributed by atoms with Gasteiger partial charge in [-0.3, -0.25) is 10.1 Å². The number of hydrogen-bond donors (Lipinski definition) is 1. The Hall–Kier alpha value is -1.69. The molecule has 0 bridgehead atoms. The zero-order valence-electron chi connectivity index (χ0n) is 9.07. The number of hydrogen-bond acceptors (Lipinski definition) is 4. The van der Waals surface area contributed by atoms with Crippen LogP contribution < -0.4 is 10.5 Å². The zero-order chi connectivity index (χ0) is 12.3. The third kappa shape index (κ3) is 2.66. The van der Waals surface area contributed by atoms with Crippen LogP contribution in [0, 0.1) is 15.9 Å². The molecule has 0 aliphatic carbocycles. The van der Waals surface area contributed by atoms with Gasteiger partial charge in [0.05, 0.1) is 18.1 Å². The van der Waals surface area contributed by atoms with Crippen LogP contribution in [0.5, 0.6) is 5.75 Å². The Balaban J connectivity index is 3.25. The highest BCUT2D eigenvalue weighted by molar-refractivity contribution is 5.46. The van der Waals surface area contributed by atoms with Crippen molar-refractivity contribution in [3.8, 4) is 5.75 Å². The average Bonchev–Trinajstić information content (AvgIpc) is 2.19. The molecule has 1 atom stereocenters. The van der Waals surface area contributed by atoms with E-state index in [4.69, 9.17) is 10.5 Å². The second-order valence-electron chi connectivity index (χ2n) is 3.55. The Bertz CT molecular complexity index is 407. The highest BCUT2D eigenvalue weighted by Gasteiger charge is 2.19. The van der Waals surface area contributed by atoms with E-state index in [-0.39, 0.29) is 17.5 Å².